The fourth-order valence-electron chi connectivity index (χ4n) is 3.27. The highest BCUT2D eigenvalue weighted by atomic mass is 35.5. The van der Waals surface area contributed by atoms with E-state index in [4.69, 9.17) is 0 Å². The summed E-state index contributed by atoms with van der Waals surface area (Å²) in [5, 5.41) is 6.43. The van der Waals surface area contributed by atoms with Crippen molar-refractivity contribution in [3.63, 3.8) is 0 Å². The van der Waals surface area contributed by atoms with Gasteiger partial charge in [-0.15, -0.1) is 24.8 Å². The van der Waals surface area contributed by atoms with Gasteiger partial charge in [0.25, 0.3) is 5.91 Å². The Hall–Kier alpha value is -0.850. The maximum atomic E-state index is 12.2. The fraction of sp³-hybridized carbons (Fsp3) is 0.611. The van der Waals surface area contributed by atoms with Gasteiger partial charge in [-0.25, -0.2) is 0 Å². The SMILES string of the molecule is CN1CCN(Cc2ccc(C(=O)NCC3CCCN3)cc2)CC1.Cl.Cl. The molecule has 2 N–H and O–H groups in total. The van der Waals surface area contributed by atoms with Crippen LogP contribution < -0.4 is 10.6 Å². The lowest BCUT2D eigenvalue weighted by Crippen LogP contribution is -2.43. The van der Waals surface area contributed by atoms with E-state index in [2.05, 4.69) is 39.6 Å². The number of hydrogen-bond donors (Lipinski definition) is 2. The van der Waals surface area contributed by atoms with E-state index >= 15 is 0 Å². The van der Waals surface area contributed by atoms with Crippen molar-refractivity contribution in [2.24, 2.45) is 0 Å². The van der Waals surface area contributed by atoms with Crippen LogP contribution in [0.5, 0.6) is 0 Å². The summed E-state index contributed by atoms with van der Waals surface area (Å²) in [6, 6.07) is 8.50. The van der Waals surface area contributed by atoms with Crippen LogP contribution in [0, 0.1) is 0 Å². The zero-order valence-corrected chi connectivity index (χ0v) is 16.5. The highest BCUT2D eigenvalue weighted by molar-refractivity contribution is 5.94. The van der Waals surface area contributed by atoms with Crippen molar-refractivity contribution < 1.29 is 4.79 Å². The van der Waals surface area contributed by atoms with E-state index in [0.29, 0.717) is 6.04 Å². The molecule has 0 aliphatic carbocycles. The van der Waals surface area contributed by atoms with Crippen molar-refractivity contribution in [3.8, 4) is 0 Å². The summed E-state index contributed by atoms with van der Waals surface area (Å²) in [6.45, 7) is 7.27. The van der Waals surface area contributed by atoms with Gasteiger partial charge in [0.1, 0.15) is 0 Å². The van der Waals surface area contributed by atoms with Gasteiger partial charge in [-0.2, -0.15) is 0 Å². The minimum atomic E-state index is 0. The van der Waals surface area contributed by atoms with Gasteiger partial charge in [-0.3, -0.25) is 9.69 Å². The number of amides is 1. The molecule has 1 aromatic rings. The van der Waals surface area contributed by atoms with Crippen LogP contribution in [0.2, 0.25) is 0 Å². The number of carbonyl (C=O) groups is 1. The number of halogens is 2. The Balaban J connectivity index is 0.00000156. The van der Waals surface area contributed by atoms with E-state index in [9.17, 15) is 4.79 Å². The fourth-order valence-corrected chi connectivity index (χ4v) is 3.27. The molecule has 25 heavy (non-hydrogen) atoms. The first-order valence-corrected chi connectivity index (χ1v) is 8.72. The number of benzene rings is 1. The van der Waals surface area contributed by atoms with Gasteiger partial charge in [0.2, 0.25) is 0 Å². The van der Waals surface area contributed by atoms with Crippen molar-refractivity contribution in [2.45, 2.75) is 25.4 Å². The summed E-state index contributed by atoms with van der Waals surface area (Å²) < 4.78 is 0. The minimum absolute atomic E-state index is 0. The van der Waals surface area contributed by atoms with E-state index in [-0.39, 0.29) is 30.7 Å². The maximum absolute atomic E-state index is 12.2. The Morgan fingerprint density at radius 1 is 1.16 bits per heavy atom. The topological polar surface area (TPSA) is 47.6 Å². The number of piperazine rings is 1. The van der Waals surface area contributed by atoms with Crippen molar-refractivity contribution >= 4 is 30.7 Å². The molecule has 2 aliphatic heterocycles. The molecule has 1 unspecified atom stereocenters. The molecule has 7 heteroatoms. The quantitative estimate of drug-likeness (QED) is 0.806. The normalized spacial score (nSPS) is 21.2. The average molecular weight is 389 g/mol. The van der Waals surface area contributed by atoms with Crippen LogP contribution in [0.4, 0.5) is 0 Å². The number of nitrogens with zero attached hydrogens (tertiary/aromatic N) is 2. The lowest BCUT2D eigenvalue weighted by atomic mass is 10.1. The van der Waals surface area contributed by atoms with Crippen LogP contribution in [0.15, 0.2) is 24.3 Å². The van der Waals surface area contributed by atoms with E-state index in [1.807, 2.05) is 12.1 Å². The largest absolute Gasteiger partial charge is 0.350 e. The highest BCUT2D eigenvalue weighted by Crippen LogP contribution is 2.10. The summed E-state index contributed by atoms with van der Waals surface area (Å²) in [4.78, 5) is 17.0. The van der Waals surface area contributed by atoms with Crippen LogP contribution in [0.3, 0.4) is 0 Å². The lowest BCUT2D eigenvalue weighted by Gasteiger charge is -2.32. The molecule has 0 radical (unpaired) electrons. The molecule has 2 fully saturated rings. The standard InChI is InChI=1S/C18H28N4O.2ClH/c1-21-9-11-22(12-10-21)14-15-4-6-16(7-5-15)18(23)20-13-17-3-2-8-19-17;;/h4-7,17,19H,2-3,8-14H2,1H3,(H,20,23);2*1H. The van der Waals surface area contributed by atoms with Crippen molar-refractivity contribution in [1.82, 2.24) is 20.4 Å². The second-order valence-electron chi connectivity index (χ2n) is 6.78. The monoisotopic (exact) mass is 388 g/mol. The Bertz CT molecular complexity index is 512. The number of hydrogen-bond acceptors (Lipinski definition) is 4. The predicted octanol–water partition coefficient (Wildman–Crippen LogP) is 1.76. The first kappa shape index (κ1) is 22.2. The molecule has 1 atom stereocenters. The Morgan fingerprint density at radius 2 is 1.84 bits per heavy atom. The van der Waals surface area contributed by atoms with Gasteiger partial charge in [-0.1, -0.05) is 12.1 Å². The molecule has 2 aliphatic rings. The zero-order valence-electron chi connectivity index (χ0n) is 14.9. The number of nitrogens with one attached hydrogen (secondary N) is 2. The third-order valence-electron chi connectivity index (χ3n) is 4.89. The summed E-state index contributed by atoms with van der Waals surface area (Å²) in [7, 11) is 2.17. The third-order valence-corrected chi connectivity index (χ3v) is 4.89. The summed E-state index contributed by atoms with van der Waals surface area (Å²) >= 11 is 0. The molecule has 0 bridgehead atoms. The van der Waals surface area contributed by atoms with E-state index in [1.165, 1.54) is 12.0 Å². The minimum Gasteiger partial charge on any atom is -0.350 e. The number of rotatable bonds is 5. The lowest BCUT2D eigenvalue weighted by molar-refractivity contribution is 0.0950. The Kier molecular flexibility index (Phi) is 9.75. The second kappa shape index (κ2) is 11.0. The van der Waals surface area contributed by atoms with Gasteiger partial charge in [0.15, 0.2) is 0 Å². The molecule has 0 saturated carbocycles. The molecule has 0 spiro atoms. The second-order valence-corrected chi connectivity index (χ2v) is 6.78. The van der Waals surface area contributed by atoms with E-state index in [1.54, 1.807) is 0 Å². The van der Waals surface area contributed by atoms with Gasteiger partial charge in [-0.05, 0) is 44.1 Å². The summed E-state index contributed by atoms with van der Waals surface area (Å²) in [5.41, 5.74) is 2.04. The number of carbonyl (C=O) groups excluding carboxylic acids is 1. The molecule has 2 saturated heterocycles. The van der Waals surface area contributed by atoms with Crippen molar-refractivity contribution in [2.75, 3.05) is 46.3 Å². The number of likely N-dealkylation sites (N-methyl/N-ethyl adjacent to an activating group) is 1. The molecule has 0 aromatic heterocycles. The molecular formula is C18H30Cl2N4O. The van der Waals surface area contributed by atoms with Gasteiger partial charge in [0.05, 0.1) is 0 Å². The average Bonchev–Trinajstić information content (AvgIpc) is 3.09. The van der Waals surface area contributed by atoms with Gasteiger partial charge >= 0.3 is 0 Å². The van der Waals surface area contributed by atoms with Crippen LogP contribution in [-0.2, 0) is 6.54 Å². The first-order chi connectivity index (χ1) is 11.2. The molecule has 2 heterocycles. The first-order valence-electron chi connectivity index (χ1n) is 8.72. The Labute approximate surface area is 163 Å². The molecule has 3 rings (SSSR count). The molecule has 5 nitrogen and oxygen atoms in total. The van der Waals surface area contributed by atoms with Crippen LogP contribution in [0.25, 0.3) is 0 Å². The van der Waals surface area contributed by atoms with Crippen molar-refractivity contribution in [1.29, 1.82) is 0 Å². The van der Waals surface area contributed by atoms with Gasteiger partial charge in [0, 0.05) is 50.9 Å². The van der Waals surface area contributed by atoms with Crippen LogP contribution in [0.1, 0.15) is 28.8 Å². The maximum Gasteiger partial charge on any atom is 0.251 e. The van der Waals surface area contributed by atoms with Crippen molar-refractivity contribution in [3.05, 3.63) is 35.4 Å². The van der Waals surface area contributed by atoms with Gasteiger partial charge < -0.3 is 15.5 Å². The summed E-state index contributed by atoms with van der Waals surface area (Å²) in [6.07, 6.45) is 2.37. The summed E-state index contributed by atoms with van der Waals surface area (Å²) in [5.74, 6) is 0.0323. The van der Waals surface area contributed by atoms with Crippen LogP contribution in [-0.4, -0.2) is 68.1 Å². The Morgan fingerprint density at radius 3 is 2.44 bits per heavy atom. The van der Waals surface area contributed by atoms with E-state index < -0.39 is 0 Å². The molecular weight excluding hydrogens is 359 g/mol. The van der Waals surface area contributed by atoms with E-state index in [0.717, 1.165) is 57.8 Å². The predicted molar refractivity (Wildman–Crippen MR) is 107 cm³/mol. The molecule has 142 valence electrons. The smallest absolute Gasteiger partial charge is 0.251 e. The molecule has 1 aromatic carbocycles. The molecule has 1 amide bonds. The third kappa shape index (κ3) is 6.76. The highest BCUT2D eigenvalue weighted by Gasteiger charge is 2.16. The van der Waals surface area contributed by atoms with Crippen LogP contribution >= 0.6 is 24.8 Å². The zero-order chi connectivity index (χ0) is 16.1.